The molecule has 0 bridgehead atoms. The average Bonchev–Trinajstić information content (AvgIpc) is 2.68. The number of rotatable bonds is 5. The molecule has 9 nitrogen and oxygen atoms in total. The van der Waals surface area contributed by atoms with E-state index in [9.17, 15) is 13.2 Å². The van der Waals surface area contributed by atoms with Crippen molar-refractivity contribution in [2.75, 3.05) is 17.3 Å². The molecule has 156 valence electrons. The summed E-state index contributed by atoms with van der Waals surface area (Å²) in [6.07, 6.45) is 1.91. The molecule has 10 heteroatoms. The van der Waals surface area contributed by atoms with E-state index in [1.165, 1.54) is 12.3 Å². The standard InChI is InChI=1S/C20H21N5O4S/c1-20(2,30(3,27)28)15-11-16(21)24-18(23-15)13-9-10-17(22-12-13)25-19(26)29-14-7-5-4-6-8-14/h4-12H,1-3H3,(H2,21,23,24)(H,22,25,26). The van der Waals surface area contributed by atoms with Crippen LogP contribution < -0.4 is 15.8 Å². The lowest BCUT2D eigenvalue weighted by Crippen LogP contribution is -2.29. The zero-order valence-electron chi connectivity index (χ0n) is 16.7. The Bertz CT molecular complexity index is 1160. The lowest BCUT2D eigenvalue weighted by molar-refractivity contribution is 0.215. The third-order valence-electron chi connectivity index (χ3n) is 4.50. The molecule has 0 saturated heterocycles. The molecule has 3 aromatic rings. The number of nitrogens with one attached hydrogen (secondary N) is 1. The van der Waals surface area contributed by atoms with Crippen molar-refractivity contribution < 1.29 is 17.9 Å². The first-order chi connectivity index (χ1) is 14.1. The molecular weight excluding hydrogens is 406 g/mol. The number of amides is 1. The van der Waals surface area contributed by atoms with Crippen LogP contribution in [0.2, 0.25) is 0 Å². The number of pyridine rings is 1. The number of hydrogen-bond acceptors (Lipinski definition) is 8. The van der Waals surface area contributed by atoms with Crippen molar-refractivity contribution >= 4 is 27.6 Å². The molecule has 0 radical (unpaired) electrons. The molecule has 0 aliphatic rings. The van der Waals surface area contributed by atoms with Gasteiger partial charge in [-0.2, -0.15) is 0 Å². The molecule has 0 unspecified atom stereocenters. The summed E-state index contributed by atoms with van der Waals surface area (Å²) in [4.78, 5) is 24.6. The van der Waals surface area contributed by atoms with Crippen LogP contribution in [-0.2, 0) is 14.6 Å². The zero-order chi connectivity index (χ0) is 21.9. The zero-order valence-corrected chi connectivity index (χ0v) is 17.5. The van der Waals surface area contributed by atoms with Crippen molar-refractivity contribution in [1.82, 2.24) is 15.0 Å². The summed E-state index contributed by atoms with van der Waals surface area (Å²) < 4.78 is 28.2. The van der Waals surface area contributed by atoms with Crippen LogP contribution in [0.1, 0.15) is 19.5 Å². The number of carbonyl (C=O) groups excluding carboxylic acids is 1. The van der Waals surface area contributed by atoms with Crippen molar-refractivity contribution in [3.8, 4) is 17.1 Å². The summed E-state index contributed by atoms with van der Waals surface area (Å²) >= 11 is 0. The van der Waals surface area contributed by atoms with E-state index in [4.69, 9.17) is 10.5 Å². The quantitative estimate of drug-likeness (QED) is 0.634. The summed E-state index contributed by atoms with van der Waals surface area (Å²) in [5.74, 6) is 1.04. The van der Waals surface area contributed by atoms with E-state index < -0.39 is 20.7 Å². The first-order valence-corrected chi connectivity index (χ1v) is 10.8. The number of nitrogens with two attached hydrogens (primary N) is 1. The largest absolute Gasteiger partial charge is 0.418 e. The molecule has 3 N–H and O–H groups in total. The summed E-state index contributed by atoms with van der Waals surface area (Å²) in [7, 11) is -3.44. The van der Waals surface area contributed by atoms with Crippen molar-refractivity contribution in [3.63, 3.8) is 0 Å². The number of sulfone groups is 1. The van der Waals surface area contributed by atoms with E-state index in [-0.39, 0.29) is 23.2 Å². The highest BCUT2D eigenvalue weighted by Gasteiger charge is 2.34. The molecule has 1 aromatic carbocycles. The van der Waals surface area contributed by atoms with Gasteiger partial charge in [-0.25, -0.2) is 28.2 Å². The highest BCUT2D eigenvalue weighted by Crippen LogP contribution is 2.30. The van der Waals surface area contributed by atoms with Gasteiger partial charge >= 0.3 is 6.09 Å². The van der Waals surface area contributed by atoms with Crippen molar-refractivity contribution in [2.45, 2.75) is 18.6 Å². The second kappa shape index (κ2) is 8.07. The Hall–Kier alpha value is -3.53. The summed E-state index contributed by atoms with van der Waals surface area (Å²) in [5.41, 5.74) is 6.65. The maximum Gasteiger partial charge on any atom is 0.418 e. The highest BCUT2D eigenvalue weighted by atomic mass is 32.2. The molecule has 0 atom stereocenters. The molecule has 30 heavy (non-hydrogen) atoms. The van der Waals surface area contributed by atoms with Gasteiger partial charge in [0.15, 0.2) is 15.7 Å². The fourth-order valence-electron chi connectivity index (χ4n) is 2.42. The first-order valence-electron chi connectivity index (χ1n) is 8.91. The molecule has 0 aliphatic carbocycles. The van der Waals surface area contributed by atoms with Gasteiger partial charge in [0.1, 0.15) is 22.1 Å². The Morgan fingerprint density at radius 1 is 1.10 bits per heavy atom. The maximum absolute atomic E-state index is 12.1. The van der Waals surface area contributed by atoms with E-state index in [1.54, 1.807) is 50.2 Å². The molecule has 2 heterocycles. The minimum atomic E-state index is -3.44. The van der Waals surface area contributed by atoms with Gasteiger partial charge in [-0.05, 0) is 38.1 Å². The highest BCUT2D eigenvalue weighted by molar-refractivity contribution is 7.91. The van der Waals surface area contributed by atoms with Gasteiger partial charge in [-0.1, -0.05) is 18.2 Å². The average molecular weight is 427 g/mol. The SMILES string of the molecule is CC(C)(c1cc(N)nc(-c2ccc(NC(=O)Oc3ccccc3)nc2)n1)S(C)(=O)=O. The van der Waals surface area contributed by atoms with Gasteiger partial charge in [0, 0.05) is 24.1 Å². The van der Waals surface area contributed by atoms with Gasteiger partial charge in [0.2, 0.25) is 0 Å². The van der Waals surface area contributed by atoms with Gasteiger partial charge in [0.25, 0.3) is 0 Å². The molecule has 0 saturated carbocycles. The number of para-hydroxylation sites is 1. The second-order valence-electron chi connectivity index (χ2n) is 7.04. The number of aromatic nitrogens is 3. The topological polar surface area (TPSA) is 137 Å². The normalized spacial score (nSPS) is 11.7. The Morgan fingerprint density at radius 3 is 2.40 bits per heavy atom. The van der Waals surface area contributed by atoms with E-state index in [1.807, 2.05) is 6.07 Å². The van der Waals surface area contributed by atoms with Gasteiger partial charge in [-0.3, -0.25) is 5.32 Å². The van der Waals surface area contributed by atoms with Crippen LogP contribution in [0.3, 0.4) is 0 Å². The number of hydrogen-bond donors (Lipinski definition) is 2. The van der Waals surface area contributed by atoms with Crippen LogP contribution in [0.4, 0.5) is 16.4 Å². The summed E-state index contributed by atoms with van der Waals surface area (Å²) in [6, 6.07) is 13.2. The number of anilines is 2. The number of carbonyl (C=O) groups is 1. The number of benzene rings is 1. The van der Waals surface area contributed by atoms with E-state index in [2.05, 4.69) is 20.3 Å². The summed E-state index contributed by atoms with van der Waals surface area (Å²) in [5, 5.41) is 2.52. The van der Waals surface area contributed by atoms with Crippen LogP contribution in [0.15, 0.2) is 54.7 Å². The molecule has 1 amide bonds. The van der Waals surface area contributed by atoms with Gasteiger partial charge in [0.05, 0.1) is 5.69 Å². The minimum Gasteiger partial charge on any atom is -0.410 e. The molecule has 0 spiro atoms. The Labute approximate surface area is 174 Å². The molecule has 3 rings (SSSR count). The van der Waals surface area contributed by atoms with Crippen molar-refractivity contribution in [1.29, 1.82) is 0 Å². The lowest BCUT2D eigenvalue weighted by atomic mass is 10.1. The van der Waals surface area contributed by atoms with Gasteiger partial charge < -0.3 is 10.5 Å². The second-order valence-corrected chi connectivity index (χ2v) is 9.61. The van der Waals surface area contributed by atoms with Crippen LogP contribution in [0.5, 0.6) is 5.75 Å². The Balaban J connectivity index is 1.80. The van der Waals surface area contributed by atoms with Crippen molar-refractivity contribution in [3.05, 3.63) is 60.4 Å². The van der Waals surface area contributed by atoms with E-state index in [0.717, 1.165) is 6.26 Å². The predicted octanol–water partition coefficient (Wildman–Crippen LogP) is 3.01. The minimum absolute atomic E-state index is 0.139. The monoisotopic (exact) mass is 427 g/mol. The smallest absolute Gasteiger partial charge is 0.410 e. The molecule has 2 aromatic heterocycles. The predicted molar refractivity (Wildman–Crippen MR) is 114 cm³/mol. The molecule has 0 fully saturated rings. The van der Waals surface area contributed by atoms with Gasteiger partial charge in [-0.15, -0.1) is 0 Å². The number of ether oxygens (including phenoxy) is 1. The van der Waals surface area contributed by atoms with E-state index >= 15 is 0 Å². The number of nitrogen functional groups attached to an aromatic ring is 1. The lowest BCUT2D eigenvalue weighted by Gasteiger charge is -2.22. The van der Waals surface area contributed by atoms with Crippen LogP contribution in [0, 0.1) is 0 Å². The van der Waals surface area contributed by atoms with Crippen LogP contribution >= 0.6 is 0 Å². The fourth-order valence-corrected chi connectivity index (χ4v) is 2.90. The van der Waals surface area contributed by atoms with E-state index in [0.29, 0.717) is 11.3 Å². The Kier molecular flexibility index (Phi) is 5.70. The number of nitrogens with zero attached hydrogens (tertiary/aromatic N) is 3. The third-order valence-corrected chi connectivity index (χ3v) is 6.56. The first kappa shape index (κ1) is 21.2. The fraction of sp³-hybridized carbons (Fsp3) is 0.200. The van der Waals surface area contributed by atoms with Crippen LogP contribution in [0.25, 0.3) is 11.4 Å². The third kappa shape index (κ3) is 4.71. The molecular formula is C20H21N5O4S. The summed E-state index contributed by atoms with van der Waals surface area (Å²) in [6.45, 7) is 3.11. The van der Waals surface area contributed by atoms with Crippen LogP contribution in [-0.4, -0.2) is 35.7 Å². The maximum atomic E-state index is 12.1. The van der Waals surface area contributed by atoms with Crippen molar-refractivity contribution in [2.24, 2.45) is 0 Å². The Morgan fingerprint density at radius 2 is 1.80 bits per heavy atom. The molecule has 0 aliphatic heterocycles.